The number of hydrogen-bond acceptors (Lipinski definition) is 0. The van der Waals surface area contributed by atoms with Crippen molar-refractivity contribution >= 4 is 8.07 Å². The van der Waals surface area contributed by atoms with Gasteiger partial charge in [-0.15, -0.1) is 0 Å². The van der Waals surface area contributed by atoms with Gasteiger partial charge in [0.05, 0.1) is 0 Å². The molecule has 0 N–H and O–H groups in total. The second-order valence-electron chi connectivity index (χ2n) is 9.55. The smallest absolute Gasteiger partial charge is 0.0733 e. The molecule has 0 fully saturated rings. The zero-order valence-corrected chi connectivity index (χ0v) is 19.6. The van der Waals surface area contributed by atoms with Crippen molar-refractivity contribution in [3.63, 3.8) is 0 Å². The first-order valence-corrected chi connectivity index (χ1v) is 14.6. The predicted molar refractivity (Wildman–Crippen MR) is 130 cm³/mol. The summed E-state index contributed by atoms with van der Waals surface area (Å²) in [5.74, 6) is 1.84. The van der Waals surface area contributed by atoms with Crippen LogP contribution >= 0.6 is 0 Å². The van der Waals surface area contributed by atoms with Gasteiger partial charge in [0, 0.05) is 11.8 Å². The highest BCUT2D eigenvalue weighted by molar-refractivity contribution is 6.92. The first kappa shape index (κ1) is 20.4. The van der Waals surface area contributed by atoms with E-state index in [0.29, 0.717) is 11.8 Å². The molecule has 0 saturated carbocycles. The molecule has 0 aromatic rings. The van der Waals surface area contributed by atoms with Crippen LogP contribution in [0.1, 0.15) is 46.0 Å². The molecule has 3 atom stereocenters. The van der Waals surface area contributed by atoms with Gasteiger partial charge in [0.2, 0.25) is 0 Å². The summed E-state index contributed by atoms with van der Waals surface area (Å²) in [5.41, 5.74) is 4.80. The number of rotatable bonds is 8. The van der Waals surface area contributed by atoms with E-state index in [1.54, 1.807) is 27.1 Å². The van der Waals surface area contributed by atoms with Gasteiger partial charge in [0.1, 0.15) is 8.07 Å². The van der Waals surface area contributed by atoms with Crippen LogP contribution in [-0.2, 0) is 0 Å². The summed E-state index contributed by atoms with van der Waals surface area (Å²) in [6, 6.07) is 0. The van der Waals surface area contributed by atoms with E-state index in [9.17, 15) is 0 Å². The molecule has 3 unspecified atom stereocenters. The molecule has 0 nitrogen and oxygen atoms in total. The van der Waals surface area contributed by atoms with E-state index >= 15 is 0 Å². The molecule has 29 heavy (non-hydrogen) atoms. The van der Waals surface area contributed by atoms with Gasteiger partial charge in [-0.3, -0.25) is 0 Å². The van der Waals surface area contributed by atoms with Crippen molar-refractivity contribution in [3.8, 4) is 0 Å². The Morgan fingerprint density at radius 3 is 2.38 bits per heavy atom. The second-order valence-corrected chi connectivity index (χ2v) is 13.9. The molecule has 0 saturated heterocycles. The number of allylic oxidation sites excluding steroid dienone is 16. The molecule has 1 heteroatoms. The molecule has 0 heterocycles. The summed E-state index contributed by atoms with van der Waals surface area (Å²) in [6.07, 6.45) is 32.5. The minimum Gasteiger partial charge on any atom is -0.0733 e. The third-order valence-electron chi connectivity index (χ3n) is 7.33. The van der Waals surface area contributed by atoms with Crippen LogP contribution < -0.4 is 0 Å². The van der Waals surface area contributed by atoms with Crippen LogP contribution in [0.2, 0.25) is 13.1 Å². The van der Waals surface area contributed by atoms with E-state index in [1.807, 2.05) is 0 Å². The highest BCUT2D eigenvalue weighted by Crippen LogP contribution is 2.46. The van der Waals surface area contributed by atoms with E-state index in [0.717, 1.165) is 5.92 Å². The molecular weight excluding hydrogens is 364 g/mol. The van der Waals surface area contributed by atoms with Crippen molar-refractivity contribution < 1.29 is 0 Å². The van der Waals surface area contributed by atoms with Crippen LogP contribution in [0, 0.1) is 17.8 Å². The third kappa shape index (κ3) is 3.82. The van der Waals surface area contributed by atoms with Crippen LogP contribution in [0.3, 0.4) is 0 Å². The Morgan fingerprint density at radius 2 is 1.62 bits per heavy atom. The van der Waals surface area contributed by atoms with Gasteiger partial charge in [-0.25, -0.2) is 0 Å². The molecular formula is C28H36Si. The number of fused-ring (bicyclic) bond motifs is 2. The maximum atomic E-state index is 2.64. The van der Waals surface area contributed by atoms with Crippen molar-refractivity contribution in [3.05, 3.63) is 93.9 Å². The fraction of sp³-hybridized carbons (Fsp3) is 0.429. The molecule has 4 aliphatic carbocycles. The summed E-state index contributed by atoms with van der Waals surface area (Å²) in [4.78, 5) is 0. The molecule has 0 aliphatic heterocycles. The Bertz CT molecular complexity index is 895. The number of hydrogen-bond donors (Lipinski definition) is 0. The zero-order valence-electron chi connectivity index (χ0n) is 18.6. The van der Waals surface area contributed by atoms with E-state index in [2.05, 4.69) is 93.8 Å². The van der Waals surface area contributed by atoms with Gasteiger partial charge >= 0.3 is 0 Å². The Balaban J connectivity index is 1.68. The van der Waals surface area contributed by atoms with Crippen LogP contribution in [0.25, 0.3) is 0 Å². The summed E-state index contributed by atoms with van der Waals surface area (Å²) in [6.45, 7) is 9.81. The van der Waals surface area contributed by atoms with Crippen LogP contribution in [0.5, 0.6) is 0 Å². The van der Waals surface area contributed by atoms with Gasteiger partial charge in [0.15, 0.2) is 0 Å². The first-order valence-electron chi connectivity index (χ1n) is 11.6. The van der Waals surface area contributed by atoms with Crippen LogP contribution in [0.15, 0.2) is 93.9 Å². The maximum absolute atomic E-state index is 2.64. The summed E-state index contributed by atoms with van der Waals surface area (Å²) >= 11 is 0. The monoisotopic (exact) mass is 400 g/mol. The molecule has 152 valence electrons. The number of unbranched alkanes of at least 4 members (excludes halogenated alkanes) is 1. The summed E-state index contributed by atoms with van der Waals surface area (Å²) < 4.78 is 0. The first-order chi connectivity index (χ1) is 14.1. The normalized spacial score (nSPS) is 25.7. The molecule has 4 aliphatic rings. The summed E-state index contributed by atoms with van der Waals surface area (Å²) in [7, 11) is -1.76. The fourth-order valence-corrected chi connectivity index (χ4v) is 8.77. The Kier molecular flexibility index (Phi) is 5.97. The van der Waals surface area contributed by atoms with Crippen LogP contribution in [0.4, 0.5) is 0 Å². The standard InChI is InChI=1S/C28H36Si/c1-5-7-12-21(6-2)19-23-20-28(26-16-11-10-14-24(23)26)29(3,4)27-18-17-22-13-8-9-15-25(22)27/h8-11,13-18,20-22,24H,5-7,12,19H2,1-4H3. The SMILES string of the molecule is CCCCC(CC)CC1=CC([Si](C)(C)C2=C3C=CC=CC3C=C2)=C2C=CC=CC12. The van der Waals surface area contributed by atoms with E-state index in [1.165, 1.54) is 32.1 Å². The summed E-state index contributed by atoms with van der Waals surface area (Å²) in [5, 5.41) is 3.29. The lowest BCUT2D eigenvalue weighted by molar-refractivity contribution is 0.440. The van der Waals surface area contributed by atoms with Crippen molar-refractivity contribution in [2.75, 3.05) is 0 Å². The maximum Gasteiger partial charge on any atom is 0.113 e. The molecule has 0 spiro atoms. The lowest BCUT2D eigenvalue weighted by atomic mass is 9.84. The van der Waals surface area contributed by atoms with Gasteiger partial charge < -0.3 is 0 Å². The molecule has 4 rings (SSSR count). The Labute approximate surface area is 178 Å². The lowest BCUT2D eigenvalue weighted by Gasteiger charge is -2.28. The second kappa shape index (κ2) is 8.48. The minimum atomic E-state index is -1.76. The van der Waals surface area contributed by atoms with Gasteiger partial charge in [-0.1, -0.05) is 135 Å². The highest BCUT2D eigenvalue weighted by Gasteiger charge is 2.39. The quantitative estimate of drug-likeness (QED) is 0.362. The lowest BCUT2D eigenvalue weighted by Crippen LogP contribution is -2.32. The van der Waals surface area contributed by atoms with Crippen LogP contribution in [-0.4, -0.2) is 8.07 Å². The molecule has 0 aromatic carbocycles. The molecule has 0 bridgehead atoms. The van der Waals surface area contributed by atoms with E-state index in [-0.39, 0.29) is 0 Å². The average molecular weight is 401 g/mol. The average Bonchev–Trinajstić information content (AvgIpc) is 3.34. The van der Waals surface area contributed by atoms with Gasteiger partial charge in [-0.05, 0) is 23.5 Å². The fourth-order valence-electron chi connectivity index (χ4n) is 5.49. The van der Waals surface area contributed by atoms with Crippen molar-refractivity contribution in [1.82, 2.24) is 0 Å². The molecule has 0 amide bonds. The van der Waals surface area contributed by atoms with Crippen molar-refractivity contribution in [2.45, 2.75) is 59.0 Å². The van der Waals surface area contributed by atoms with Crippen molar-refractivity contribution in [2.24, 2.45) is 17.8 Å². The van der Waals surface area contributed by atoms with Crippen molar-refractivity contribution in [1.29, 1.82) is 0 Å². The topological polar surface area (TPSA) is 0 Å². The minimum absolute atomic E-state index is 0.494. The largest absolute Gasteiger partial charge is 0.113 e. The highest BCUT2D eigenvalue weighted by atomic mass is 28.3. The Morgan fingerprint density at radius 1 is 0.862 bits per heavy atom. The van der Waals surface area contributed by atoms with E-state index in [4.69, 9.17) is 0 Å². The predicted octanol–water partition coefficient (Wildman–Crippen LogP) is 7.97. The van der Waals surface area contributed by atoms with E-state index < -0.39 is 8.07 Å². The molecule has 0 aromatic heterocycles. The Hall–Kier alpha value is -1.86. The van der Waals surface area contributed by atoms with Gasteiger partial charge in [-0.2, -0.15) is 0 Å². The zero-order chi connectivity index (χ0) is 20.4. The molecule has 0 radical (unpaired) electrons. The van der Waals surface area contributed by atoms with Gasteiger partial charge in [0.25, 0.3) is 0 Å². The third-order valence-corrected chi connectivity index (χ3v) is 10.9.